The van der Waals surface area contributed by atoms with Crippen LogP contribution in [0.3, 0.4) is 0 Å². The van der Waals surface area contributed by atoms with E-state index < -0.39 is 5.69 Å². The molecule has 0 aliphatic rings. The maximum atomic E-state index is 5.75. The maximum absolute atomic E-state index is 5.75. The molecule has 0 aromatic heterocycles. The van der Waals surface area contributed by atoms with Gasteiger partial charge < -0.3 is 9.47 Å². The van der Waals surface area contributed by atoms with Crippen molar-refractivity contribution in [3.63, 3.8) is 0 Å². The first-order valence-corrected chi connectivity index (χ1v) is 5.19. The van der Waals surface area contributed by atoms with E-state index in [0.29, 0.717) is 13.2 Å². The molecule has 0 bridgehead atoms. The molecule has 0 N–H and O–H groups in total. The van der Waals surface area contributed by atoms with Crippen LogP contribution in [-0.4, -0.2) is 26.7 Å². The molecule has 0 aliphatic heterocycles. The van der Waals surface area contributed by atoms with E-state index in [2.05, 4.69) is 13.8 Å². The van der Waals surface area contributed by atoms with Gasteiger partial charge in [-0.3, -0.25) is 0 Å². The second kappa shape index (κ2) is 7.39. The predicted octanol–water partition coefficient (Wildman–Crippen LogP) is 2.46. The Balaban J connectivity index is 3.42. The molecular weight excluding hydrogens is 163 g/mol. The Bertz CT molecular complexity index is 103. The summed E-state index contributed by atoms with van der Waals surface area (Å²) in [5.41, 5.74) is -0.898. The van der Waals surface area contributed by atoms with Crippen LogP contribution in [0.5, 0.6) is 0 Å². The molecule has 0 aromatic rings. The second-order valence-electron chi connectivity index (χ2n) is 3.42. The molecule has 0 rings (SSSR count). The topological polar surface area (TPSA) is 18.5 Å². The molecule has 2 nitrogen and oxygen atoms in total. The summed E-state index contributed by atoms with van der Waals surface area (Å²) in [5, 5.41) is 0. The third-order valence-corrected chi connectivity index (χ3v) is 1.77. The SMILES string of the molecule is [B]C(C)(OCCCC)OCCCC. The van der Waals surface area contributed by atoms with Crippen LogP contribution in [0.25, 0.3) is 0 Å². The number of hydrogen-bond acceptors (Lipinski definition) is 2. The third kappa shape index (κ3) is 8.32. The summed E-state index contributed by atoms with van der Waals surface area (Å²) in [4.78, 5) is 0. The highest BCUT2D eigenvalue weighted by Crippen LogP contribution is 2.09. The van der Waals surface area contributed by atoms with Crippen LogP contribution in [0.2, 0.25) is 0 Å². The van der Waals surface area contributed by atoms with Gasteiger partial charge in [-0.25, -0.2) is 0 Å². The van der Waals surface area contributed by atoms with Crippen molar-refractivity contribution in [2.24, 2.45) is 0 Å². The van der Waals surface area contributed by atoms with Gasteiger partial charge in [-0.15, -0.1) is 0 Å². The Morgan fingerprint density at radius 1 is 1.00 bits per heavy atom. The van der Waals surface area contributed by atoms with E-state index in [4.69, 9.17) is 17.3 Å². The molecular formula is C10H21BO2. The molecule has 2 radical (unpaired) electrons. The largest absolute Gasteiger partial charge is 0.360 e. The van der Waals surface area contributed by atoms with Crippen molar-refractivity contribution in [2.45, 2.75) is 52.1 Å². The number of unbranched alkanes of at least 4 members (excludes halogenated alkanes) is 2. The van der Waals surface area contributed by atoms with Crippen molar-refractivity contribution < 1.29 is 9.47 Å². The molecule has 0 saturated heterocycles. The van der Waals surface area contributed by atoms with Crippen LogP contribution >= 0.6 is 0 Å². The fourth-order valence-electron chi connectivity index (χ4n) is 0.880. The minimum atomic E-state index is -0.898. The monoisotopic (exact) mass is 184 g/mol. The van der Waals surface area contributed by atoms with Crippen molar-refractivity contribution in [3.8, 4) is 0 Å². The Morgan fingerprint density at radius 3 is 1.69 bits per heavy atom. The third-order valence-electron chi connectivity index (χ3n) is 1.77. The fraction of sp³-hybridized carbons (Fsp3) is 1.00. The molecule has 0 spiro atoms. The van der Waals surface area contributed by atoms with Crippen LogP contribution in [0.4, 0.5) is 0 Å². The summed E-state index contributed by atoms with van der Waals surface area (Å²) < 4.78 is 10.7. The van der Waals surface area contributed by atoms with Gasteiger partial charge in [-0.2, -0.15) is 0 Å². The lowest BCUT2D eigenvalue weighted by molar-refractivity contribution is -0.167. The molecule has 0 aliphatic carbocycles. The highest BCUT2D eigenvalue weighted by Gasteiger charge is 2.16. The Kier molecular flexibility index (Phi) is 7.39. The first-order valence-electron chi connectivity index (χ1n) is 5.19. The van der Waals surface area contributed by atoms with Crippen LogP contribution < -0.4 is 0 Å². The zero-order valence-electron chi connectivity index (χ0n) is 9.14. The van der Waals surface area contributed by atoms with E-state index in [1.54, 1.807) is 6.92 Å². The van der Waals surface area contributed by atoms with Gasteiger partial charge >= 0.3 is 0 Å². The van der Waals surface area contributed by atoms with Crippen LogP contribution in [-0.2, 0) is 9.47 Å². The first kappa shape index (κ1) is 13.0. The molecule has 0 amide bonds. The molecule has 0 aromatic carbocycles. The summed E-state index contributed by atoms with van der Waals surface area (Å²) in [6.07, 6.45) is 4.30. The first-order chi connectivity index (χ1) is 6.12. The van der Waals surface area contributed by atoms with Gasteiger partial charge in [-0.05, 0) is 19.8 Å². The zero-order chi connectivity index (χ0) is 10.2. The van der Waals surface area contributed by atoms with Gasteiger partial charge in [0.05, 0.1) is 0 Å². The zero-order valence-corrected chi connectivity index (χ0v) is 9.14. The lowest BCUT2D eigenvalue weighted by Crippen LogP contribution is -2.33. The number of hydrogen-bond donors (Lipinski definition) is 0. The summed E-state index contributed by atoms with van der Waals surface area (Å²) in [5.74, 6) is 0. The molecule has 0 atom stereocenters. The summed E-state index contributed by atoms with van der Waals surface area (Å²) in [6.45, 7) is 7.36. The minimum Gasteiger partial charge on any atom is -0.360 e. The number of rotatable bonds is 8. The highest BCUT2D eigenvalue weighted by atomic mass is 16.7. The van der Waals surface area contributed by atoms with Crippen LogP contribution in [0.15, 0.2) is 0 Å². The quantitative estimate of drug-likeness (QED) is 0.327. The molecule has 0 heterocycles. The van der Waals surface area contributed by atoms with E-state index in [1.807, 2.05) is 0 Å². The van der Waals surface area contributed by atoms with Crippen molar-refractivity contribution in [1.29, 1.82) is 0 Å². The van der Waals surface area contributed by atoms with E-state index in [9.17, 15) is 0 Å². The van der Waals surface area contributed by atoms with E-state index >= 15 is 0 Å². The molecule has 76 valence electrons. The Morgan fingerprint density at radius 2 is 1.38 bits per heavy atom. The van der Waals surface area contributed by atoms with Gasteiger partial charge in [-0.1, -0.05) is 26.7 Å². The predicted molar refractivity (Wildman–Crippen MR) is 55.9 cm³/mol. The van der Waals surface area contributed by atoms with Gasteiger partial charge in [0.25, 0.3) is 0 Å². The van der Waals surface area contributed by atoms with Crippen LogP contribution in [0, 0.1) is 0 Å². The summed E-state index contributed by atoms with van der Waals surface area (Å²) >= 11 is 0. The second-order valence-corrected chi connectivity index (χ2v) is 3.42. The normalized spacial score (nSPS) is 11.9. The molecule has 0 unspecified atom stereocenters. The highest BCUT2D eigenvalue weighted by molar-refractivity contribution is 6.13. The fourth-order valence-corrected chi connectivity index (χ4v) is 0.880. The average molecular weight is 184 g/mol. The van der Waals surface area contributed by atoms with Crippen LogP contribution in [0.1, 0.15) is 46.5 Å². The Labute approximate surface area is 83.4 Å². The molecule has 13 heavy (non-hydrogen) atoms. The standard InChI is InChI=1S/C10H21BO2/c1-4-6-8-12-10(3,11)13-9-7-5-2/h4-9H2,1-3H3. The minimum absolute atomic E-state index is 0.676. The van der Waals surface area contributed by atoms with E-state index in [-0.39, 0.29) is 0 Å². The maximum Gasteiger partial charge on any atom is 0.153 e. The lowest BCUT2D eigenvalue weighted by atomic mass is 9.97. The molecule has 0 fully saturated rings. The molecule has 0 saturated carbocycles. The van der Waals surface area contributed by atoms with Gasteiger partial charge in [0.15, 0.2) is 7.85 Å². The van der Waals surface area contributed by atoms with E-state index in [1.165, 1.54) is 0 Å². The Hall–Kier alpha value is -0.0151. The smallest absolute Gasteiger partial charge is 0.153 e. The summed E-state index contributed by atoms with van der Waals surface area (Å²) in [6, 6.07) is 0. The van der Waals surface area contributed by atoms with Gasteiger partial charge in [0.2, 0.25) is 0 Å². The van der Waals surface area contributed by atoms with E-state index in [0.717, 1.165) is 25.7 Å². The van der Waals surface area contributed by atoms with Gasteiger partial charge in [0, 0.05) is 13.2 Å². The number of ether oxygens (including phenoxy) is 2. The van der Waals surface area contributed by atoms with Crippen molar-refractivity contribution in [2.75, 3.05) is 13.2 Å². The van der Waals surface area contributed by atoms with Crippen molar-refractivity contribution >= 4 is 7.85 Å². The van der Waals surface area contributed by atoms with Crippen molar-refractivity contribution in [1.82, 2.24) is 0 Å². The van der Waals surface area contributed by atoms with Crippen molar-refractivity contribution in [3.05, 3.63) is 0 Å². The molecule has 3 heteroatoms. The average Bonchev–Trinajstić information content (AvgIpc) is 2.05. The van der Waals surface area contributed by atoms with Gasteiger partial charge in [0.1, 0.15) is 5.69 Å². The summed E-state index contributed by atoms with van der Waals surface area (Å²) in [7, 11) is 5.75. The lowest BCUT2D eigenvalue weighted by Gasteiger charge is -2.26.